The molecule has 0 saturated heterocycles. The van der Waals surface area contributed by atoms with Crippen molar-refractivity contribution in [1.82, 2.24) is 14.8 Å². The van der Waals surface area contributed by atoms with E-state index >= 15 is 0 Å². The number of hydrogen-bond acceptors (Lipinski definition) is 3. The van der Waals surface area contributed by atoms with Crippen LogP contribution < -0.4 is 0 Å². The Hall–Kier alpha value is -2.17. The van der Waals surface area contributed by atoms with Gasteiger partial charge in [-0.2, -0.15) is 0 Å². The van der Waals surface area contributed by atoms with Gasteiger partial charge in [0.05, 0.1) is 0 Å². The minimum Gasteiger partial charge on any atom is -0.480 e. The molecule has 2 heterocycles. The monoisotopic (exact) mass is 257 g/mol. The average molecular weight is 257 g/mol. The Morgan fingerprint density at radius 3 is 2.74 bits per heavy atom. The van der Waals surface area contributed by atoms with E-state index in [9.17, 15) is 9.90 Å². The van der Waals surface area contributed by atoms with Crippen LogP contribution in [-0.4, -0.2) is 25.8 Å². The fourth-order valence-corrected chi connectivity index (χ4v) is 2.59. The van der Waals surface area contributed by atoms with Crippen LogP contribution in [0.25, 0.3) is 11.4 Å². The van der Waals surface area contributed by atoms with E-state index in [2.05, 4.69) is 10.2 Å². The molecule has 3 rings (SSSR count). The van der Waals surface area contributed by atoms with Crippen molar-refractivity contribution in [3.63, 3.8) is 0 Å². The highest BCUT2D eigenvalue weighted by Gasteiger charge is 2.28. The maximum Gasteiger partial charge on any atom is 0.326 e. The Labute approximate surface area is 110 Å². The first-order valence-electron chi connectivity index (χ1n) is 6.49. The lowest BCUT2D eigenvalue weighted by Crippen LogP contribution is -2.20. The summed E-state index contributed by atoms with van der Waals surface area (Å²) in [6.45, 7) is 0. The third kappa shape index (κ3) is 2.12. The molecule has 1 atom stereocenters. The molecule has 5 nitrogen and oxygen atoms in total. The second-order valence-electron chi connectivity index (χ2n) is 4.78. The number of hydrogen-bond donors (Lipinski definition) is 1. The maximum absolute atomic E-state index is 11.5. The average Bonchev–Trinajstić information content (AvgIpc) is 2.72. The van der Waals surface area contributed by atoms with Gasteiger partial charge in [0.15, 0.2) is 5.82 Å². The molecule has 19 heavy (non-hydrogen) atoms. The largest absolute Gasteiger partial charge is 0.480 e. The topological polar surface area (TPSA) is 68.0 Å². The van der Waals surface area contributed by atoms with Crippen LogP contribution in [0.4, 0.5) is 0 Å². The zero-order chi connectivity index (χ0) is 13.2. The molecule has 0 spiro atoms. The van der Waals surface area contributed by atoms with Crippen molar-refractivity contribution in [3.05, 3.63) is 36.2 Å². The number of aliphatic carboxylic acids is 1. The molecule has 0 aliphatic carbocycles. The lowest BCUT2D eigenvalue weighted by Gasteiger charge is -2.15. The second-order valence-corrected chi connectivity index (χ2v) is 4.78. The smallest absolute Gasteiger partial charge is 0.326 e. The van der Waals surface area contributed by atoms with Gasteiger partial charge in [-0.25, -0.2) is 4.79 Å². The Balaban J connectivity index is 2.13. The maximum atomic E-state index is 11.5. The van der Waals surface area contributed by atoms with Crippen LogP contribution in [0.2, 0.25) is 0 Å². The summed E-state index contributed by atoms with van der Waals surface area (Å²) in [5.74, 6) is 0.633. The van der Waals surface area contributed by atoms with Crippen molar-refractivity contribution in [2.45, 2.75) is 31.7 Å². The predicted molar refractivity (Wildman–Crippen MR) is 69.7 cm³/mol. The van der Waals surface area contributed by atoms with Gasteiger partial charge in [0.2, 0.25) is 0 Å². The van der Waals surface area contributed by atoms with Crippen molar-refractivity contribution in [2.24, 2.45) is 0 Å². The van der Waals surface area contributed by atoms with E-state index in [-0.39, 0.29) is 0 Å². The van der Waals surface area contributed by atoms with Crippen LogP contribution in [-0.2, 0) is 11.2 Å². The highest BCUT2D eigenvalue weighted by Crippen LogP contribution is 2.29. The van der Waals surface area contributed by atoms with Crippen LogP contribution in [0.15, 0.2) is 30.3 Å². The third-order valence-corrected chi connectivity index (χ3v) is 3.52. The minimum atomic E-state index is -0.805. The number of aryl methyl sites for hydroxylation is 1. The SMILES string of the molecule is O=C(O)C1CCCCc2nnc(-c3ccccc3)n21. The molecule has 0 amide bonds. The lowest BCUT2D eigenvalue weighted by molar-refractivity contribution is -0.141. The van der Waals surface area contributed by atoms with Gasteiger partial charge in [0.25, 0.3) is 0 Å². The van der Waals surface area contributed by atoms with Crippen molar-refractivity contribution in [1.29, 1.82) is 0 Å². The molecule has 98 valence electrons. The first-order chi connectivity index (χ1) is 9.27. The summed E-state index contributed by atoms with van der Waals surface area (Å²) in [6, 6.07) is 9.08. The van der Waals surface area contributed by atoms with Crippen LogP contribution in [0.3, 0.4) is 0 Å². The van der Waals surface area contributed by atoms with Crippen molar-refractivity contribution >= 4 is 5.97 Å². The molecule has 0 radical (unpaired) electrons. The van der Waals surface area contributed by atoms with E-state index < -0.39 is 12.0 Å². The second kappa shape index (κ2) is 4.84. The van der Waals surface area contributed by atoms with Crippen LogP contribution in [0.1, 0.15) is 31.1 Å². The highest BCUT2D eigenvalue weighted by atomic mass is 16.4. The fourth-order valence-electron chi connectivity index (χ4n) is 2.59. The molecule has 5 heteroatoms. The van der Waals surface area contributed by atoms with Crippen molar-refractivity contribution in [2.75, 3.05) is 0 Å². The van der Waals surface area contributed by atoms with Gasteiger partial charge < -0.3 is 5.11 Å². The van der Waals surface area contributed by atoms with Gasteiger partial charge in [-0.15, -0.1) is 10.2 Å². The van der Waals surface area contributed by atoms with E-state index in [0.717, 1.165) is 30.7 Å². The van der Waals surface area contributed by atoms with Crippen molar-refractivity contribution < 1.29 is 9.90 Å². The number of carbonyl (C=O) groups is 1. The molecule has 1 unspecified atom stereocenters. The summed E-state index contributed by atoms with van der Waals surface area (Å²) in [7, 11) is 0. The molecule has 0 saturated carbocycles. The number of fused-ring (bicyclic) bond motifs is 1. The standard InChI is InChI=1S/C14H15N3O2/c18-14(19)11-8-4-5-9-12-15-16-13(17(11)12)10-6-2-1-3-7-10/h1-3,6-7,11H,4-5,8-9H2,(H,18,19). The third-order valence-electron chi connectivity index (χ3n) is 3.52. The van der Waals surface area contributed by atoms with Crippen LogP contribution in [0.5, 0.6) is 0 Å². The molecule has 1 N–H and O–H groups in total. The van der Waals surface area contributed by atoms with E-state index in [0.29, 0.717) is 12.2 Å². The van der Waals surface area contributed by atoms with Gasteiger partial charge in [-0.1, -0.05) is 36.8 Å². The predicted octanol–water partition coefficient (Wildman–Crippen LogP) is 2.30. The van der Waals surface area contributed by atoms with Gasteiger partial charge in [-0.05, 0) is 12.8 Å². The number of benzene rings is 1. The number of rotatable bonds is 2. The summed E-state index contributed by atoms with van der Waals surface area (Å²) >= 11 is 0. The van der Waals surface area contributed by atoms with Crippen LogP contribution >= 0.6 is 0 Å². The summed E-state index contributed by atoms with van der Waals surface area (Å²) in [5, 5.41) is 17.8. The van der Waals surface area contributed by atoms with Gasteiger partial charge >= 0.3 is 5.97 Å². The summed E-state index contributed by atoms with van der Waals surface area (Å²) in [4.78, 5) is 11.5. The molecule has 0 fully saturated rings. The molecule has 1 aliphatic heterocycles. The Bertz CT molecular complexity index is 592. The normalized spacial score (nSPS) is 18.6. The first kappa shape index (κ1) is 11.9. The molecule has 1 aliphatic rings. The number of nitrogens with zero attached hydrogens (tertiary/aromatic N) is 3. The van der Waals surface area contributed by atoms with Gasteiger partial charge in [0, 0.05) is 12.0 Å². The summed E-state index contributed by atoms with van der Waals surface area (Å²) in [6.07, 6.45) is 3.31. The van der Waals surface area contributed by atoms with E-state index in [1.54, 1.807) is 4.57 Å². The van der Waals surface area contributed by atoms with Gasteiger partial charge in [0.1, 0.15) is 11.9 Å². The van der Waals surface area contributed by atoms with E-state index in [1.807, 2.05) is 30.3 Å². The first-order valence-corrected chi connectivity index (χ1v) is 6.49. The van der Waals surface area contributed by atoms with E-state index in [4.69, 9.17) is 0 Å². The zero-order valence-electron chi connectivity index (χ0n) is 10.5. The Morgan fingerprint density at radius 2 is 2.00 bits per heavy atom. The van der Waals surface area contributed by atoms with Crippen LogP contribution in [0, 0.1) is 0 Å². The molecular weight excluding hydrogens is 242 g/mol. The number of carboxylic acid groups (broad SMARTS) is 1. The van der Waals surface area contributed by atoms with E-state index in [1.165, 1.54) is 0 Å². The Kier molecular flexibility index (Phi) is 3.03. The van der Waals surface area contributed by atoms with Gasteiger partial charge in [-0.3, -0.25) is 4.57 Å². The van der Waals surface area contributed by atoms with Crippen molar-refractivity contribution in [3.8, 4) is 11.4 Å². The molecule has 0 bridgehead atoms. The summed E-state index contributed by atoms with van der Waals surface area (Å²) in [5.41, 5.74) is 0.911. The molecule has 2 aromatic rings. The number of aromatic nitrogens is 3. The molecule has 1 aromatic heterocycles. The lowest BCUT2D eigenvalue weighted by atomic mass is 10.1. The zero-order valence-corrected chi connectivity index (χ0v) is 10.5. The molecular formula is C14H15N3O2. The Morgan fingerprint density at radius 1 is 1.21 bits per heavy atom. The number of carboxylic acids is 1. The minimum absolute atomic E-state index is 0.553. The molecule has 1 aromatic carbocycles. The summed E-state index contributed by atoms with van der Waals surface area (Å²) < 4.78 is 1.80. The highest BCUT2D eigenvalue weighted by molar-refractivity contribution is 5.73. The quantitative estimate of drug-likeness (QED) is 0.896. The fraction of sp³-hybridized carbons (Fsp3) is 0.357.